The van der Waals surface area contributed by atoms with Gasteiger partial charge >= 0.3 is 12.1 Å². The maximum atomic E-state index is 11.3. The molecule has 1 aliphatic rings. The first-order valence-corrected chi connectivity index (χ1v) is 4.40. The molecular formula is C8H13NO5. The topological polar surface area (TPSA) is 87.1 Å². The first kappa shape index (κ1) is 10.8. The van der Waals surface area contributed by atoms with Crippen LogP contribution in [0.5, 0.6) is 0 Å². The Kier molecular flexibility index (Phi) is 3.29. The molecule has 2 unspecified atom stereocenters. The van der Waals surface area contributed by atoms with E-state index in [9.17, 15) is 9.59 Å². The molecule has 1 saturated heterocycles. The van der Waals surface area contributed by atoms with Gasteiger partial charge < -0.3 is 14.9 Å². The van der Waals surface area contributed by atoms with E-state index in [-0.39, 0.29) is 0 Å². The number of carboxylic acid groups (broad SMARTS) is 1. The number of aliphatic hydroxyl groups excluding tert-OH is 1. The van der Waals surface area contributed by atoms with Crippen LogP contribution in [0.1, 0.15) is 19.8 Å². The summed E-state index contributed by atoms with van der Waals surface area (Å²) in [6.45, 7) is 1.65. The molecule has 14 heavy (non-hydrogen) atoms. The van der Waals surface area contributed by atoms with Crippen molar-refractivity contribution in [1.29, 1.82) is 0 Å². The zero-order valence-corrected chi connectivity index (χ0v) is 7.84. The smallest absolute Gasteiger partial charge is 0.408 e. The van der Waals surface area contributed by atoms with Crippen molar-refractivity contribution < 1.29 is 24.5 Å². The Morgan fingerprint density at radius 1 is 1.57 bits per heavy atom. The predicted octanol–water partition coefficient (Wildman–Crippen LogP) is 0.0103. The van der Waals surface area contributed by atoms with Crippen molar-refractivity contribution in [2.75, 3.05) is 6.54 Å². The van der Waals surface area contributed by atoms with Crippen LogP contribution in [0.4, 0.5) is 4.79 Å². The van der Waals surface area contributed by atoms with Crippen molar-refractivity contribution in [2.45, 2.75) is 32.1 Å². The van der Waals surface area contributed by atoms with E-state index < -0.39 is 24.4 Å². The first-order chi connectivity index (χ1) is 6.52. The summed E-state index contributed by atoms with van der Waals surface area (Å²) in [7, 11) is 0. The Hall–Kier alpha value is -1.30. The van der Waals surface area contributed by atoms with Crippen molar-refractivity contribution in [2.24, 2.45) is 0 Å². The number of carbonyl (C=O) groups excluding carboxylic acids is 1. The molecule has 1 rings (SSSR count). The molecule has 2 N–H and O–H groups in total. The molecule has 2 atom stereocenters. The van der Waals surface area contributed by atoms with Gasteiger partial charge in [0.15, 0.2) is 6.29 Å². The lowest BCUT2D eigenvalue weighted by atomic mass is 10.2. The molecule has 0 aromatic carbocycles. The van der Waals surface area contributed by atoms with Gasteiger partial charge in [-0.15, -0.1) is 0 Å². The van der Waals surface area contributed by atoms with Crippen LogP contribution in [0.15, 0.2) is 0 Å². The van der Waals surface area contributed by atoms with Crippen LogP contribution in [0.2, 0.25) is 0 Å². The van der Waals surface area contributed by atoms with Gasteiger partial charge in [0, 0.05) is 6.54 Å². The molecule has 0 spiro atoms. The van der Waals surface area contributed by atoms with Gasteiger partial charge in [-0.25, -0.2) is 9.59 Å². The number of nitrogens with zero attached hydrogens (tertiary/aromatic N) is 1. The molecular weight excluding hydrogens is 190 g/mol. The van der Waals surface area contributed by atoms with Gasteiger partial charge in [-0.3, -0.25) is 4.90 Å². The standard InChI is InChI=1S/C8H13NO5/c1-5(10)14-7(11)6-3-2-4-9(6)8(12)13/h5-6,10H,2-4H2,1H3,(H,12,13). The van der Waals surface area contributed by atoms with E-state index in [1.54, 1.807) is 0 Å². The highest BCUT2D eigenvalue weighted by Crippen LogP contribution is 2.18. The summed E-state index contributed by atoms with van der Waals surface area (Å²) in [6.07, 6.45) is -1.22. The highest BCUT2D eigenvalue weighted by Gasteiger charge is 2.35. The van der Waals surface area contributed by atoms with E-state index >= 15 is 0 Å². The second-order valence-electron chi connectivity index (χ2n) is 3.17. The second-order valence-corrected chi connectivity index (χ2v) is 3.17. The predicted molar refractivity (Wildman–Crippen MR) is 45.5 cm³/mol. The molecule has 80 valence electrons. The van der Waals surface area contributed by atoms with Crippen LogP contribution in [0, 0.1) is 0 Å². The molecule has 0 aromatic rings. The zero-order chi connectivity index (χ0) is 10.7. The number of esters is 1. The third-order valence-electron chi connectivity index (χ3n) is 2.06. The number of amides is 1. The van der Waals surface area contributed by atoms with Crippen molar-refractivity contribution in [3.63, 3.8) is 0 Å². The maximum Gasteiger partial charge on any atom is 0.408 e. The summed E-state index contributed by atoms with van der Waals surface area (Å²) in [5.74, 6) is -0.681. The Labute approximate surface area is 81.1 Å². The van der Waals surface area contributed by atoms with Crippen LogP contribution in [-0.4, -0.2) is 46.1 Å². The SMILES string of the molecule is CC(O)OC(=O)C1CCCN1C(=O)O. The van der Waals surface area contributed by atoms with Crippen LogP contribution >= 0.6 is 0 Å². The largest absolute Gasteiger partial charge is 0.465 e. The van der Waals surface area contributed by atoms with Crippen LogP contribution in [-0.2, 0) is 9.53 Å². The number of rotatable bonds is 2. The number of aliphatic hydroxyl groups is 1. The van der Waals surface area contributed by atoms with Gasteiger partial charge in [0.1, 0.15) is 6.04 Å². The third kappa shape index (κ3) is 2.35. The van der Waals surface area contributed by atoms with Gasteiger partial charge in [-0.1, -0.05) is 0 Å². The van der Waals surface area contributed by atoms with E-state index in [0.29, 0.717) is 19.4 Å². The lowest BCUT2D eigenvalue weighted by Gasteiger charge is -2.20. The quantitative estimate of drug-likeness (QED) is 0.487. The molecule has 0 bridgehead atoms. The minimum Gasteiger partial charge on any atom is -0.465 e. The van der Waals surface area contributed by atoms with Gasteiger partial charge in [0.25, 0.3) is 0 Å². The average Bonchev–Trinajstić information content (AvgIpc) is 2.49. The van der Waals surface area contributed by atoms with Gasteiger partial charge in [-0.05, 0) is 19.8 Å². The molecule has 6 heteroatoms. The molecule has 1 amide bonds. The normalized spacial score (nSPS) is 23.3. The molecule has 0 saturated carbocycles. The number of hydrogen-bond donors (Lipinski definition) is 2. The minimum absolute atomic E-state index is 0.342. The van der Waals surface area contributed by atoms with Gasteiger partial charge in [-0.2, -0.15) is 0 Å². The average molecular weight is 203 g/mol. The van der Waals surface area contributed by atoms with E-state index in [2.05, 4.69) is 4.74 Å². The monoisotopic (exact) mass is 203 g/mol. The minimum atomic E-state index is -1.20. The second kappa shape index (κ2) is 4.28. The fourth-order valence-electron chi connectivity index (χ4n) is 1.49. The van der Waals surface area contributed by atoms with Crippen LogP contribution in [0.3, 0.4) is 0 Å². The molecule has 6 nitrogen and oxygen atoms in total. The van der Waals surface area contributed by atoms with Crippen LogP contribution < -0.4 is 0 Å². The number of carbonyl (C=O) groups is 2. The Morgan fingerprint density at radius 2 is 2.21 bits per heavy atom. The molecule has 1 heterocycles. The molecule has 1 aliphatic heterocycles. The number of likely N-dealkylation sites (tertiary alicyclic amines) is 1. The number of hydrogen-bond acceptors (Lipinski definition) is 4. The lowest BCUT2D eigenvalue weighted by molar-refractivity contribution is -0.169. The van der Waals surface area contributed by atoms with Gasteiger partial charge in [0.05, 0.1) is 0 Å². The number of ether oxygens (including phenoxy) is 1. The Morgan fingerprint density at radius 3 is 2.71 bits per heavy atom. The summed E-state index contributed by atoms with van der Waals surface area (Å²) < 4.78 is 4.53. The first-order valence-electron chi connectivity index (χ1n) is 4.40. The van der Waals surface area contributed by atoms with Crippen molar-refractivity contribution in [1.82, 2.24) is 4.90 Å². The lowest BCUT2D eigenvalue weighted by Crippen LogP contribution is -2.41. The van der Waals surface area contributed by atoms with E-state index in [0.717, 1.165) is 4.90 Å². The summed E-state index contributed by atoms with van der Waals surface area (Å²) in [5, 5.41) is 17.5. The summed E-state index contributed by atoms with van der Waals surface area (Å²) >= 11 is 0. The van der Waals surface area contributed by atoms with E-state index in [4.69, 9.17) is 10.2 Å². The van der Waals surface area contributed by atoms with Crippen molar-refractivity contribution >= 4 is 12.1 Å². The van der Waals surface area contributed by atoms with Crippen LogP contribution in [0.25, 0.3) is 0 Å². The molecule has 0 radical (unpaired) electrons. The highest BCUT2D eigenvalue weighted by atomic mass is 16.6. The zero-order valence-electron chi connectivity index (χ0n) is 7.84. The molecule has 1 fully saturated rings. The van der Waals surface area contributed by atoms with Gasteiger partial charge in [0.2, 0.25) is 0 Å². The fraction of sp³-hybridized carbons (Fsp3) is 0.750. The third-order valence-corrected chi connectivity index (χ3v) is 2.06. The van der Waals surface area contributed by atoms with E-state index in [1.165, 1.54) is 6.92 Å². The van der Waals surface area contributed by atoms with Crippen molar-refractivity contribution in [3.8, 4) is 0 Å². The Balaban J connectivity index is 2.58. The Bertz CT molecular complexity index is 240. The highest BCUT2D eigenvalue weighted by molar-refractivity contribution is 5.81. The van der Waals surface area contributed by atoms with Crippen molar-refractivity contribution in [3.05, 3.63) is 0 Å². The maximum absolute atomic E-state index is 11.3. The summed E-state index contributed by atoms with van der Waals surface area (Å²) in [4.78, 5) is 23.0. The fourth-order valence-corrected chi connectivity index (χ4v) is 1.49. The van der Waals surface area contributed by atoms with E-state index in [1.807, 2.05) is 0 Å². The molecule has 0 aliphatic carbocycles. The summed E-state index contributed by atoms with van der Waals surface area (Å²) in [5.41, 5.74) is 0. The molecule has 0 aromatic heterocycles. The summed E-state index contributed by atoms with van der Waals surface area (Å²) in [6, 6.07) is -0.762.